The predicted octanol–water partition coefficient (Wildman–Crippen LogP) is -0.686. The minimum atomic E-state index is 0.230. The summed E-state index contributed by atoms with van der Waals surface area (Å²) < 4.78 is 0. The Hall–Kier alpha value is -1.30. The number of aromatic amines is 1. The molecule has 6 heteroatoms. The highest BCUT2D eigenvalue weighted by Crippen LogP contribution is 2.14. The molecule has 5 N–H and O–H groups in total. The third-order valence-corrected chi connectivity index (χ3v) is 2.23. The van der Waals surface area contributed by atoms with Crippen molar-refractivity contribution in [1.29, 1.82) is 0 Å². The van der Waals surface area contributed by atoms with E-state index in [-0.39, 0.29) is 6.04 Å². The number of H-pyrrole nitrogens is 1. The fraction of sp³-hybridized carbons (Fsp3) is 0.714. The lowest BCUT2D eigenvalue weighted by atomic mass is 10.1. The summed E-state index contributed by atoms with van der Waals surface area (Å²) in [5.41, 5.74) is 11.3. The van der Waals surface area contributed by atoms with Crippen molar-refractivity contribution < 1.29 is 0 Å². The molecule has 1 aromatic heterocycles. The van der Waals surface area contributed by atoms with Crippen molar-refractivity contribution in [3.63, 3.8) is 0 Å². The fourth-order valence-corrected chi connectivity index (χ4v) is 1.60. The first kappa shape index (κ1) is 8.31. The Morgan fingerprint density at radius 2 is 2.38 bits per heavy atom. The number of hydrogen-bond acceptors (Lipinski definition) is 5. The van der Waals surface area contributed by atoms with Gasteiger partial charge in [0, 0.05) is 19.1 Å². The summed E-state index contributed by atoms with van der Waals surface area (Å²) in [6, 6.07) is 0.230. The van der Waals surface area contributed by atoms with Crippen LogP contribution in [0.3, 0.4) is 0 Å². The van der Waals surface area contributed by atoms with Gasteiger partial charge in [-0.3, -0.25) is 0 Å². The third-order valence-electron chi connectivity index (χ3n) is 2.23. The average Bonchev–Trinajstić information content (AvgIpc) is 2.52. The van der Waals surface area contributed by atoms with Crippen molar-refractivity contribution in [2.45, 2.75) is 18.9 Å². The maximum atomic E-state index is 5.83. The van der Waals surface area contributed by atoms with E-state index in [2.05, 4.69) is 20.1 Å². The lowest BCUT2D eigenvalue weighted by molar-refractivity contribution is 0.500. The number of hydrogen-bond donors (Lipinski definition) is 3. The first-order valence-electron chi connectivity index (χ1n) is 4.44. The number of piperidine rings is 1. The first-order chi connectivity index (χ1) is 6.25. The van der Waals surface area contributed by atoms with Crippen molar-refractivity contribution in [3.8, 4) is 0 Å². The van der Waals surface area contributed by atoms with Crippen molar-refractivity contribution in [2.24, 2.45) is 5.73 Å². The molecule has 1 saturated heterocycles. The highest BCUT2D eigenvalue weighted by atomic mass is 15.4. The minimum absolute atomic E-state index is 0.230. The quantitative estimate of drug-likeness (QED) is 0.534. The summed E-state index contributed by atoms with van der Waals surface area (Å²) in [6.07, 6.45) is 2.17. The van der Waals surface area contributed by atoms with E-state index in [1.807, 2.05) is 0 Å². The maximum Gasteiger partial charge on any atom is 0.246 e. The summed E-state index contributed by atoms with van der Waals surface area (Å²) >= 11 is 0. The zero-order valence-electron chi connectivity index (χ0n) is 7.40. The van der Waals surface area contributed by atoms with E-state index < -0.39 is 0 Å². The van der Waals surface area contributed by atoms with E-state index in [0.29, 0.717) is 11.9 Å². The summed E-state index contributed by atoms with van der Waals surface area (Å²) in [5, 5.41) is 6.60. The third kappa shape index (κ3) is 1.72. The van der Waals surface area contributed by atoms with E-state index in [0.717, 1.165) is 25.9 Å². The molecule has 0 bridgehead atoms. The van der Waals surface area contributed by atoms with E-state index in [4.69, 9.17) is 11.5 Å². The molecular weight excluding hydrogens is 168 g/mol. The number of rotatable bonds is 1. The van der Waals surface area contributed by atoms with Crippen LogP contribution in [0.15, 0.2) is 0 Å². The van der Waals surface area contributed by atoms with Crippen molar-refractivity contribution >= 4 is 11.9 Å². The summed E-state index contributed by atoms with van der Waals surface area (Å²) in [5.74, 6) is 1.02. The maximum absolute atomic E-state index is 5.83. The monoisotopic (exact) mass is 182 g/mol. The van der Waals surface area contributed by atoms with E-state index in [1.165, 1.54) is 0 Å². The highest BCUT2D eigenvalue weighted by Gasteiger charge is 2.19. The Labute approximate surface area is 76.3 Å². The molecule has 1 fully saturated rings. The van der Waals surface area contributed by atoms with Gasteiger partial charge in [-0.05, 0) is 12.8 Å². The Morgan fingerprint density at radius 3 is 3.00 bits per heavy atom. The molecule has 72 valence electrons. The Bertz CT molecular complexity index is 282. The van der Waals surface area contributed by atoms with Gasteiger partial charge in [-0.25, -0.2) is 5.10 Å². The van der Waals surface area contributed by atoms with Gasteiger partial charge in [0.15, 0.2) is 0 Å². The molecule has 1 aromatic rings. The molecule has 6 nitrogen and oxygen atoms in total. The molecule has 0 amide bonds. The number of nitrogens with zero attached hydrogens (tertiary/aromatic N) is 3. The molecule has 0 aromatic carbocycles. The Balaban J connectivity index is 2.08. The van der Waals surface area contributed by atoms with E-state index >= 15 is 0 Å². The molecule has 13 heavy (non-hydrogen) atoms. The molecule has 1 aliphatic heterocycles. The van der Waals surface area contributed by atoms with Gasteiger partial charge in [-0.15, -0.1) is 5.10 Å². The Morgan fingerprint density at radius 1 is 1.54 bits per heavy atom. The zero-order valence-corrected chi connectivity index (χ0v) is 7.40. The average molecular weight is 182 g/mol. The molecule has 0 aliphatic carbocycles. The van der Waals surface area contributed by atoms with E-state index in [9.17, 15) is 0 Å². The summed E-state index contributed by atoms with van der Waals surface area (Å²) in [6.45, 7) is 1.78. The van der Waals surface area contributed by atoms with Crippen LogP contribution in [-0.2, 0) is 0 Å². The van der Waals surface area contributed by atoms with Gasteiger partial charge >= 0.3 is 0 Å². The van der Waals surface area contributed by atoms with Gasteiger partial charge in [0.25, 0.3) is 0 Å². The van der Waals surface area contributed by atoms with Crippen LogP contribution in [0.2, 0.25) is 0 Å². The number of nitrogen functional groups attached to an aromatic ring is 1. The van der Waals surface area contributed by atoms with Crippen LogP contribution in [0.5, 0.6) is 0 Å². The van der Waals surface area contributed by atoms with Gasteiger partial charge in [0.2, 0.25) is 11.9 Å². The van der Waals surface area contributed by atoms with Crippen molar-refractivity contribution in [3.05, 3.63) is 0 Å². The molecule has 0 spiro atoms. The normalized spacial score (nSPS) is 23.5. The zero-order chi connectivity index (χ0) is 9.26. The van der Waals surface area contributed by atoms with Gasteiger partial charge in [0.05, 0.1) is 0 Å². The van der Waals surface area contributed by atoms with E-state index in [1.54, 1.807) is 0 Å². The topological polar surface area (TPSA) is 96.8 Å². The van der Waals surface area contributed by atoms with Crippen LogP contribution in [0, 0.1) is 0 Å². The smallest absolute Gasteiger partial charge is 0.246 e. The van der Waals surface area contributed by atoms with Gasteiger partial charge in [0.1, 0.15) is 0 Å². The molecular formula is C7H14N6. The van der Waals surface area contributed by atoms with Crippen LogP contribution in [0.25, 0.3) is 0 Å². The Kier molecular flexibility index (Phi) is 2.05. The lowest BCUT2D eigenvalue weighted by Gasteiger charge is -2.29. The molecule has 2 rings (SSSR count). The molecule has 0 saturated carbocycles. The largest absolute Gasteiger partial charge is 0.368 e. The minimum Gasteiger partial charge on any atom is -0.368 e. The van der Waals surface area contributed by atoms with Gasteiger partial charge in [-0.2, -0.15) is 4.98 Å². The fourth-order valence-electron chi connectivity index (χ4n) is 1.60. The number of nitrogens with one attached hydrogen (secondary N) is 1. The standard InChI is InChI=1S/C7H14N6/c8-5-2-1-3-13(4-5)7-10-6(9)11-12-7/h5H,1-4,8H2,(H3,9,10,11,12)/t5-/m0/s1. The van der Waals surface area contributed by atoms with Crippen LogP contribution in [0.4, 0.5) is 11.9 Å². The molecule has 2 heterocycles. The van der Waals surface area contributed by atoms with Crippen molar-refractivity contribution in [2.75, 3.05) is 23.7 Å². The summed E-state index contributed by atoms with van der Waals surface area (Å²) in [7, 11) is 0. The van der Waals surface area contributed by atoms with Gasteiger partial charge < -0.3 is 16.4 Å². The molecule has 1 atom stereocenters. The summed E-state index contributed by atoms with van der Waals surface area (Å²) in [4.78, 5) is 6.11. The first-order valence-corrected chi connectivity index (χ1v) is 4.44. The predicted molar refractivity (Wildman–Crippen MR) is 50.2 cm³/mol. The number of anilines is 2. The number of nitrogens with two attached hydrogens (primary N) is 2. The molecule has 1 aliphatic rings. The van der Waals surface area contributed by atoms with Crippen LogP contribution in [-0.4, -0.2) is 34.3 Å². The SMILES string of the molecule is Nc1nc(N2CCC[C@H](N)C2)n[nH]1. The highest BCUT2D eigenvalue weighted by molar-refractivity contribution is 5.34. The van der Waals surface area contributed by atoms with Crippen LogP contribution in [0.1, 0.15) is 12.8 Å². The molecule has 0 radical (unpaired) electrons. The van der Waals surface area contributed by atoms with Crippen molar-refractivity contribution in [1.82, 2.24) is 15.2 Å². The molecule has 0 unspecified atom stereocenters. The van der Waals surface area contributed by atoms with Crippen LogP contribution < -0.4 is 16.4 Å². The second-order valence-electron chi connectivity index (χ2n) is 3.37. The second kappa shape index (κ2) is 3.21. The van der Waals surface area contributed by atoms with Gasteiger partial charge in [-0.1, -0.05) is 0 Å². The lowest BCUT2D eigenvalue weighted by Crippen LogP contribution is -2.43. The second-order valence-corrected chi connectivity index (χ2v) is 3.37. The van der Waals surface area contributed by atoms with Crippen LogP contribution >= 0.6 is 0 Å². The number of aromatic nitrogens is 3.